The van der Waals surface area contributed by atoms with Crippen molar-refractivity contribution in [3.63, 3.8) is 0 Å². The van der Waals surface area contributed by atoms with Crippen LogP contribution in [0.4, 0.5) is 5.69 Å². The molecule has 0 fully saturated rings. The molecule has 0 saturated heterocycles. The Bertz CT molecular complexity index is 727. The van der Waals surface area contributed by atoms with Gasteiger partial charge in [-0.15, -0.1) is 0 Å². The number of carbonyl (C=O) groups excluding carboxylic acids is 1. The third-order valence-electron chi connectivity index (χ3n) is 3.79. The second-order valence-electron chi connectivity index (χ2n) is 5.43. The van der Waals surface area contributed by atoms with Gasteiger partial charge in [0.25, 0.3) is 0 Å². The van der Waals surface area contributed by atoms with Crippen molar-refractivity contribution in [1.82, 2.24) is 0 Å². The molecule has 0 bridgehead atoms. The highest BCUT2D eigenvalue weighted by atomic mass is 16.5. The van der Waals surface area contributed by atoms with Gasteiger partial charge >= 0.3 is 5.97 Å². The molecular formula is C18H17NO4. The summed E-state index contributed by atoms with van der Waals surface area (Å²) in [5.41, 5.74) is 2.35. The van der Waals surface area contributed by atoms with Gasteiger partial charge in [-0.1, -0.05) is 30.3 Å². The number of carbonyl (C=O) groups is 2. The number of carboxylic acids is 1. The summed E-state index contributed by atoms with van der Waals surface area (Å²) in [6.45, 7) is 0.615. The summed E-state index contributed by atoms with van der Waals surface area (Å²) >= 11 is 0. The first-order chi connectivity index (χ1) is 11.1. The smallest absolute Gasteiger partial charge is 0.303 e. The average molecular weight is 311 g/mol. The molecule has 1 aliphatic rings. The van der Waals surface area contributed by atoms with Crippen LogP contribution in [0, 0.1) is 0 Å². The van der Waals surface area contributed by atoms with Crippen molar-refractivity contribution >= 4 is 17.4 Å². The van der Waals surface area contributed by atoms with Gasteiger partial charge in [0.1, 0.15) is 11.9 Å². The largest absolute Gasteiger partial charge is 0.482 e. The van der Waals surface area contributed by atoms with Crippen molar-refractivity contribution in [1.29, 1.82) is 0 Å². The molecule has 0 amide bonds. The molecule has 2 aromatic carbocycles. The second kappa shape index (κ2) is 6.52. The Morgan fingerprint density at radius 1 is 1.13 bits per heavy atom. The van der Waals surface area contributed by atoms with Crippen molar-refractivity contribution in [2.75, 3.05) is 11.9 Å². The Balaban J connectivity index is 1.73. The number of nitrogens with one attached hydrogen (secondary N) is 1. The maximum atomic E-state index is 12.0. The number of fused-ring (bicyclic) bond motifs is 1. The quantitative estimate of drug-likeness (QED) is 0.829. The van der Waals surface area contributed by atoms with E-state index < -0.39 is 5.97 Å². The molecule has 1 atom stereocenters. The van der Waals surface area contributed by atoms with E-state index in [0.717, 1.165) is 11.3 Å². The zero-order chi connectivity index (χ0) is 16.2. The highest BCUT2D eigenvalue weighted by molar-refractivity contribution is 5.98. The fourth-order valence-electron chi connectivity index (χ4n) is 2.56. The number of Topliss-reactive ketones (excluding diaryl/α,β-unsaturated/α-hetero) is 1. The van der Waals surface area contributed by atoms with Crippen LogP contribution < -0.4 is 10.1 Å². The van der Waals surface area contributed by atoms with Crippen LogP contribution in [0.3, 0.4) is 0 Å². The highest BCUT2D eigenvalue weighted by Crippen LogP contribution is 2.35. The van der Waals surface area contributed by atoms with E-state index in [1.54, 1.807) is 18.2 Å². The first-order valence-corrected chi connectivity index (χ1v) is 7.48. The van der Waals surface area contributed by atoms with Gasteiger partial charge in [0.05, 0.1) is 18.7 Å². The van der Waals surface area contributed by atoms with Gasteiger partial charge in [-0.05, 0) is 23.8 Å². The predicted molar refractivity (Wildman–Crippen MR) is 85.9 cm³/mol. The van der Waals surface area contributed by atoms with Crippen LogP contribution in [0.15, 0.2) is 48.5 Å². The third kappa shape index (κ3) is 3.51. The summed E-state index contributed by atoms with van der Waals surface area (Å²) in [5.74, 6) is -0.453. The van der Waals surface area contributed by atoms with Gasteiger partial charge in [-0.25, -0.2) is 0 Å². The van der Waals surface area contributed by atoms with E-state index in [-0.39, 0.29) is 24.7 Å². The molecule has 2 N–H and O–H groups in total. The number of hydrogen-bond acceptors (Lipinski definition) is 4. The van der Waals surface area contributed by atoms with E-state index in [1.165, 1.54) is 0 Å². The number of aliphatic carboxylic acids is 1. The van der Waals surface area contributed by atoms with E-state index in [2.05, 4.69) is 5.32 Å². The molecule has 5 nitrogen and oxygen atoms in total. The molecule has 1 heterocycles. The van der Waals surface area contributed by atoms with Gasteiger partial charge in [0.15, 0.2) is 5.78 Å². The maximum Gasteiger partial charge on any atom is 0.303 e. The molecular weight excluding hydrogens is 294 g/mol. The summed E-state index contributed by atoms with van der Waals surface area (Å²) in [6, 6.07) is 15.1. The molecule has 0 aromatic heterocycles. The zero-order valence-electron chi connectivity index (χ0n) is 12.5. The SMILES string of the molecule is O=C(O)CCC(=O)c1ccc2c(c1)NCC(c1ccccc1)O2. The number of ether oxygens (including phenoxy) is 1. The molecule has 0 spiro atoms. The lowest BCUT2D eigenvalue weighted by molar-refractivity contribution is -0.136. The first kappa shape index (κ1) is 15.1. The predicted octanol–water partition coefficient (Wildman–Crippen LogP) is 3.28. The summed E-state index contributed by atoms with van der Waals surface area (Å²) in [6.07, 6.45) is -0.227. The van der Waals surface area contributed by atoms with Crippen LogP contribution in [-0.2, 0) is 4.79 Å². The molecule has 0 aliphatic carbocycles. The molecule has 3 rings (SSSR count). The number of rotatable bonds is 5. The Kier molecular flexibility index (Phi) is 4.28. The summed E-state index contributed by atoms with van der Waals surface area (Å²) in [4.78, 5) is 22.5. The van der Waals surface area contributed by atoms with Gasteiger partial charge < -0.3 is 15.2 Å². The van der Waals surface area contributed by atoms with E-state index >= 15 is 0 Å². The Hall–Kier alpha value is -2.82. The average Bonchev–Trinajstić information content (AvgIpc) is 2.59. The second-order valence-corrected chi connectivity index (χ2v) is 5.43. The zero-order valence-corrected chi connectivity index (χ0v) is 12.5. The molecule has 1 aliphatic heterocycles. The first-order valence-electron chi connectivity index (χ1n) is 7.48. The molecule has 0 radical (unpaired) electrons. The van der Waals surface area contributed by atoms with E-state index in [4.69, 9.17) is 9.84 Å². The van der Waals surface area contributed by atoms with Gasteiger partial charge in [-0.3, -0.25) is 9.59 Å². The lowest BCUT2D eigenvalue weighted by Crippen LogP contribution is -2.23. The topological polar surface area (TPSA) is 75.6 Å². The Morgan fingerprint density at radius 2 is 1.91 bits per heavy atom. The van der Waals surface area contributed by atoms with Crippen LogP contribution in [0.5, 0.6) is 5.75 Å². The van der Waals surface area contributed by atoms with Crippen molar-refractivity contribution in [2.45, 2.75) is 18.9 Å². The minimum atomic E-state index is -0.969. The van der Waals surface area contributed by atoms with Gasteiger partial charge in [0.2, 0.25) is 0 Å². The third-order valence-corrected chi connectivity index (χ3v) is 3.79. The number of ketones is 1. The lowest BCUT2D eigenvalue weighted by Gasteiger charge is -2.28. The molecule has 118 valence electrons. The Labute approximate surface area is 133 Å². The van der Waals surface area contributed by atoms with E-state index in [9.17, 15) is 9.59 Å². The van der Waals surface area contributed by atoms with E-state index in [0.29, 0.717) is 17.9 Å². The monoisotopic (exact) mass is 311 g/mol. The van der Waals surface area contributed by atoms with E-state index in [1.807, 2.05) is 30.3 Å². The van der Waals surface area contributed by atoms with Crippen LogP contribution in [0.2, 0.25) is 0 Å². The molecule has 23 heavy (non-hydrogen) atoms. The molecule has 2 aromatic rings. The normalized spacial score (nSPS) is 15.9. The molecule has 0 saturated carbocycles. The van der Waals surface area contributed by atoms with Crippen molar-refractivity contribution < 1.29 is 19.4 Å². The number of anilines is 1. The van der Waals surface area contributed by atoms with Crippen molar-refractivity contribution in [2.24, 2.45) is 0 Å². The summed E-state index contributed by atoms with van der Waals surface area (Å²) in [5, 5.41) is 11.9. The Morgan fingerprint density at radius 3 is 2.65 bits per heavy atom. The minimum absolute atomic E-state index is 0.00160. The lowest BCUT2D eigenvalue weighted by atomic mass is 10.0. The summed E-state index contributed by atoms with van der Waals surface area (Å²) < 4.78 is 5.98. The van der Waals surface area contributed by atoms with Crippen LogP contribution in [0.25, 0.3) is 0 Å². The van der Waals surface area contributed by atoms with Crippen LogP contribution in [-0.4, -0.2) is 23.4 Å². The minimum Gasteiger partial charge on any atom is -0.482 e. The van der Waals surface area contributed by atoms with Crippen LogP contribution in [0.1, 0.15) is 34.9 Å². The molecule has 5 heteroatoms. The number of carboxylic acid groups (broad SMARTS) is 1. The highest BCUT2D eigenvalue weighted by Gasteiger charge is 2.21. The van der Waals surface area contributed by atoms with Crippen molar-refractivity contribution in [3.05, 3.63) is 59.7 Å². The van der Waals surface area contributed by atoms with Crippen molar-refractivity contribution in [3.8, 4) is 5.75 Å². The number of benzene rings is 2. The fourth-order valence-corrected chi connectivity index (χ4v) is 2.56. The van der Waals surface area contributed by atoms with Gasteiger partial charge in [-0.2, -0.15) is 0 Å². The fraction of sp³-hybridized carbons (Fsp3) is 0.222. The molecule has 1 unspecified atom stereocenters. The standard InChI is InChI=1S/C18H17NO4/c20-15(7-9-18(21)22)13-6-8-16-14(10-13)19-11-17(23-16)12-4-2-1-3-5-12/h1-6,8,10,17,19H,7,9,11H2,(H,21,22). The maximum absolute atomic E-state index is 12.0. The van der Waals surface area contributed by atoms with Crippen LogP contribution >= 0.6 is 0 Å². The summed E-state index contributed by atoms with van der Waals surface area (Å²) in [7, 11) is 0. The number of hydrogen-bond donors (Lipinski definition) is 2. The van der Waals surface area contributed by atoms with Gasteiger partial charge in [0, 0.05) is 12.0 Å².